The lowest BCUT2D eigenvalue weighted by atomic mass is 9.95. The summed E-state index contributed by atoms with van der Waals surface area (Å²) in [7, 11) is 1.41. The van der Waals surface area contributed by atoms with E-state index in [0.29, 0.717) is 5.56 Å². The van der Waals surface area contributed by atoms with Crippen LogP contribution >= 0.6 is 0 Å². The van der Waals surface area contributed by atoms with Crippen molar-refractivity contribution >= 4 is 11.6 Å². The van der Waals surface area contributed by atoms with Gasteiger partial charge in [-0.15, -0.1) is 0 Å². The number of aryl methyl sites for hydroxylation is 1. The highest BCUT2D eigenvalue weighted by molar-refractivity contribution is 6.06. The molecule has 2 rings (SSSR count). The van der Waals surface area contributed by atoms with Gasteiger partial charge in [-0.05, 0) is 36.2 Å². The fourth-order valence-electron chi connectivity index (χ4n) is 2.68. The lowest BCUT2D eigenvalue weighted by Crippen LogP contribution is -2.34. The van der Waals surface area contributed by atoms with Crippen LogP contribution in [0.2, 0.25) is 0 Å². The first-order chi connectivity index (χ1) is 11.9. The Labute approximate surface area is 146 Å². The van der Waals surface area contributed by atoms with Gasteiger partial charge < -0.3 is 4.90 Å². The van der Waals surface area contributed by atoms with Gasteiger partial charge in [0.25, 0.3) is 5.91 Å². The third-order valence-electron chi connectivity index (χ3n) is 3.90. The highest BCUT2D eigenvalue weighted by Crippen LogP contribution is 2.46. The van der Waals surface area contributed by atoms with Crippen LogP contribution in [-0.2, 0) is 0 Å². The van der Waals surface area contributed by atoms with E-state index >= 15 is 0 Å². The minimum Gasteiger partial charge on any atom is -0.311 e. The summed E-state index contributed by atoms with van der Waals surface area (Å²) in [6.07, 6.45) is -10.9. The Morgan fingerprint density at radius 1 is 0.923 bits per heavy atom. The number of hydrogen-bond donors (Lipinski definition) is 0. The molecule has 1 amide bonds. The van der Waals surface area contributed by atoms with Gasteiger partial charge in [0.1, 0.15) is 0 Å². The van der Waals surface area contributed by atoms with Gasteiger partial charge in [0.15, 0.2) is 5.92 Å². The van der Waals surface area contributed by atoms with E-state index in [1.807, 2.05) is 0 Å². The molecule has 0 N–H and O–H groups in total. The van der Waals surface area contributed by atoms with Gasteiger partial charge in [-0.2, -0.15) is 26.3 Å². The highest BCUT2D eigenvalue weighted by atomic mass is 19.4. The molecule has 0 saturated carbocycles. The number of hydrogen-bond acceptors (Lipinski definition) is 1. The second-order valence-corrected chi connectivity index (χ2v) is 5.79. The molecule has 0 spiro atoms. The van der Waals surface area contributed by atoms with Gasteiger partial charge >= 0.3 is 12.4 Å². The van der Waals surface area contributed by atoms with E-state index < -0.39 is 29.7 Å². The molecule has 2 aromatic carbocycles. The van der Waals surface area contributed by atoms with Crippen LogP contribution in [0.15, 0.2) is 48.5 Å². The van der Waals surface area contributed by atoms with Crippen molar-refractivity contribution in [2.75, 3.05) is 11.9 Å². The Morgan fingerprint density at radius 2 is 1.46 bits per heavy atom. The van der Waals surface area contributed by atoms with Crippen LogP contribution in [0, 0.1) is 6.92 Å². The second kappa shape index (κ2) is 7.01. The zero-order valence-electron chi connectivity index (χ0n) is 13.8. The fourth-order valence-corrected chi connectivity index (χ4v) is 2.68. The lowest BCUT2D eigenvalue weighted by Gasteiger charge is -2.25. The maximum absolute atomic E-state index is 12.9. The molecular formula is C18H15F6NO. The van der Waals surface area contributed by atoms with Gasteiger partial charge in [0, 0.05) is 18.3 Å². The van der Waals surface area contributed by atoms with Crippen molar-refractivity contribution in [1.82, 2.24) is 0 Å². The van der Waals surface area contributed by atoms with E-state index in [1.54, 1.807) is 30.3 Å². The van der Waals surface area contributed by atoms with Crippen LogP contribution in [0.3, 0.4) is 0 Å². The van der Waals surface area contributed by atoms with Crippen molar-refractivity contribution in [2.24, 2.45) is 0 Å². The number of alkyl halides is 6. The highest BCUT2D eigenvalue weighted by Gasteiger charge is 2.57. The molecule has 140 valence electrons. The molecule has 0 radical (unpaired) electrons. The number of carbonyl (C=O) groups is 1. The van der Waals surface area contributed by atoms with E-state index in [9.17, 15) is 31.1 Å². The predicted molar refractivity (Wildman–Crippen MR) is 85.2 cm³/mol. The summed E-state index contributed by atoms with van der Waals surface area (Å²) in [5.41, 5.74) is -0.202. The van der Waals surface area contributed by atoms with E-state index in [1.165, 1.54) is 18.9 Å². The van der Waals surface area contributed by atoms with Gasteiger partial charge in [0.05, 0.1) is 0 Å². The molecule has 0 unspecified atom stereocenters. The maximum Gasteiger partial charge on any atom is 0.404 e. The number of rotatable bonds is 3. The number of halogens is 6. The zero-order chi connectivity index (χ0) is 19.7. The zero-order valence-corrected chi connectivity index (χ0v) is 13.8. The molecule has 0 bridgehead atoms. The summed E-state index contributed by atoms with van der Waals surface area (Å²) in [6.45, 7) is 1.36. The number of nitrogens with zero attached hydrogens (tertiary/aromatic N) is 1. The summed E-state index contributed by atoms with van der Waals surface area (Å²) < 4.78 is 77.1. The quantitative estimate of drug-likeness (QED) is 0.651. The Morgan fingerprint density at radius 3 is 1.92 bits per heavy atom. The molecule has 2 nitrogen and oxygen atoms in total. The molecule has 0 aliphatic heterocycles. The molecule has 0 atom stereocenters. The largest absolute Gasteiger partial charge is 0.404 e. The Bertz CT molecular complexity index is 769. The minimum absolute atomic E-state index is 0.132. The predicted octanol–water partition coefficient (Wildman–Crippen LogP) is 5.48. The van der Waals surface area contributed by atoms with Crippen LogP contribution in [-0.4, -0.2) is 25.3 Å². The number of benzene rings is 2. The van der Waals surface area contributed by atoms with E-state index in [4.69, 9.17) is 0 Å². The van der Waals surface area contributed by atoms with Gasteiger partial charge in [-0.1, -0.05) is 30.3 Å². The molecule has 0 aliphatic rings. The molecule has 0 saturated heterocycles. The first-order valence-corrected chi connectivity index (χ1v) is 7.50. The summed E-state index contributed by atoms with van der Waals surface area (Å²) in [5, 5.41) is 0. The maximum atomic E-state index is 12.9. The van der Waals surface area contributed by atoms with Crippen molar-refractivity contribution in [2.45, 2.75) is 25.2 Å². The first-order valence-electron chi connectivity index (χ1n) is 7.50. The monoisotopic (exact) mass is 375 g/mol. The van der Waals surface area contributed by atoms with E-state index in [2.05, 4.69) is 0 Å². The smallest absolute Gasteiger partial charge is 0.311 e. The normalized spacial score (nSPS) is 12.3. The van der Waals surface area contributed by atoms with Crippen LogP contribution in [0.25, 0.3) is 0 Å². The van der Waals surface area contributed by atoms with Gasteiger partial charge in [-0.3, -0.25) is 4.79 Å². The Hall–Kier alpha value is -2.51. The Balaban J connectivity index is 2.39. The van der Waals surface area contributed by atoms with Crippen molar-refractivity contribution < 1.29 is 31.1 Å². The van der Waals surface area contributed by atoms with Crippen molar-refractivity contribution in [1.29, 1.82) is 0 Å². The van der Waals surface area contributed by atoms with Crippen LogP contribution in [0.5, 0.6) is 0 Å². The summed E-state index contributed by atoms with van der Waals surface area (Å²) in [6, 6.07) is 10.8. The molecule has 0 fully saturated rings. The van der Waals surface area contributed by atoms with E-state index in [0.717, 1.165) is 18.2 Å². The third-order valence-corrected chi connectivity index (χ3v) is 3.90. The van der Waals surface area contributed by atoms with Crippen molar-refractivity contribution in [3.63, 3.8) is 0 Å². The summed E-state index contributed by atoms with van der Waals surface area (Å²) in [4.78, 5) is 13.6. The lowest BCUT2D eigenvalue weighted by molar-refractivity contribution is -0.253. The third kappa shape index (κ3) is 4.17. The SMILES string of the molecule is Cc1cc(C(C(F)(F)F)C(F)(F)F)ccc1N(C)C(=O)c1ccccc1. The standard InChI is InChI=1S/C18H15F6NO/c1-11-10-13(15(17(19,20)21)18(22,23)24)8-9-14(11)25(2)16(26)12-6-4-3-5-7-12/h3-10,15H,1-2H3. The number of anilines is 1. The molecular weight excluding hydrogens is 360 g/mol. The fraction of sp³-hybridized carbons (Fsp3) is 0.278. The average Bonchev–Trinajstić information content (AvgIpc) is 2.52. The molecule has 2 aromatic rings. The number of carbonyl (C=O) groups excluding carboxylic acids is 1. The van der Waals surface area contributed by atoms with Crippen LogP contribution in [0.1, 0.15) is 27.4 Å². The minimum atomic E-state index is -5.46. The van der Waals surface area contributed by atoms with E-state index in [-0.39, 0.29) is 11.3 Å². The Kier molecular flexibility index (Phi) is 5.34. The summed E-state index contributed by atoms with van der Waals surface area (Å²) in [5.74, 6) is -4.00. The molecule has 8 heteroatoms. The van der Waals surface area contributed by atoms with Gasteiger partial charge in [0.2, 0.25) is 0 Å². The van der Waals surface area contributed by atoms with Crippen LogP contribution in [0.4, 0.5) is 32.0 Å². The van der Waals surface area contributed by atoms with Gasteiger partial charge in [-0.25, -0.2) is 0 Å². The molecule has 0 aliphatic carbocycles. The second-order valence-electron chi connectivity index (χ2n) is 5.79. The molecule has 26 heavy (non-hydrogen) atoms. The number of amides is 1. The summed E-state index contributed by atoms with van der Waals surface area (Å²) >= 11 is 0. The molecule has 0 aromatic heterocycles. The first kappa shape index (κ1) is 19.8. The van der Waals surface area contributed by atoms with Crippen molar-refractivity contribution in [3.8, 4) is 0 Å². The van der Waals surface area contributed by atoms with Crippen LogP contribution < -0.4 is 4.90 Å². The topological polar surface area (TPSA) is 20.3 Å². The molecule has 0 heterocycles. The average molecular weight is 375 g/mol. The van der Waals surface area contributed by atoms with Crippen molar-refractivity contribution in [3.05, 3.63) is 65.2 Å².